The van der Waals surface area contributed by atoms with Crippen LogP contribution in [-0.2, 0) is 4.79 Å². The van der Waals surface area contributed by atoms with Crippen molar-refractivity contribution < 1.29 is 10.0 Å². The van der Waals surface area contributed by atoms with Gasteiger partial charge in [0.2, 0.25) is 5.91 Å². The molecule has 1 amide bonds. The number of hydrogen-bond acceptors (Lipinski definition) is 3. The van der Waals surface area contributed by atoms with Crippen molar-refractivity contribution in [3.63, 3.8) is 0 Å². The van der Waals surface area contributed by atoms with E-state index < -0.39 is 5.92 Å². The molecule has 5 heteroatoms. The number of amides is 1. The van der Waals surface area contributed by atoms with Crippen LogP contribution < -0.4 is 11.1 Å². The summed E-state index contributed by atoms with van der Waals surface area (Å²) in [6, 6.07) is 0.226. The lowest BCUT2D eigenvalue weighted by Gasteiger charge is -2.33. The molecule has 1 aliphatic carbocycles. The van der Waals surface area contributed by atoms with Crippen molar-refractivity contribution in [3.8, 4) is 0 Å². The number of nitrogens with one attached hydrogen (secondary N) is 1. The third-order valence-electron chi connectivity index (χ3n) is 4.31. The minimum atomic E-state index is -0.510. The maximum absolute atomic E-state index is 12.2. The largest absolute Gasteiger partial charge is 0.409 e. The van der Waals surface area contributed by atoms with Crippen molar-refractivity contribution in [1.82, 2.24) is 5.32 Å². The van der Waals surface area contributed by atoms with E-state index in [0.29, 0.717) is 12.3 Å². The molecule has 0 aromatic rings. The van der Waals surface area contributed by atoms with Crippen LogP contribution in [0.25, 0.3) is 0 Å². The van der Waals surface area contributed by atoms with Crippen LogP contribution in [0.4, 0.5) is 0 Å². The average Bonchev–Trinajstić information content (AvgIpc) is 2.39. The molecule has 19 heavy (non-hydrogen) atoms. The van der Waals surface area contributed by atoms with Gasteiger partial charge in [-0.3, -0.25) is 4.79 Å². The predicted molar refractivity (Wildman–Crippen MR) is 75.9 cm³/mol. The van der Waals surface area contributed by atoms with Gasteiger partial charge in [0.25, 0.3) is 0 Å². The van der Waals surface area contributed by atoms with Gasteiger partial charge in [0.15, 0.2) is 5.84 Å². The van der Waals surface area contributed by atoms with E-state index in [-0.39, 0.29) is 17.8 Å². The second kappa shape index (κ2) is 7.36. The molecule has 4 atom stereocenters. The van der Waals surface area contributed by atoms with Crippen LogP contribution in [-0.4, -0.2) is 23.0 Å². The van der Waals surface area contributed by atoms with Crippen LogP contribution >= 0.6 is 0 Å². The summed E-state index contributed by atoms with van der Waals surface area (Å²) in [4.78, 5) is 12.2. The standard InChI is InChI=1S/C14H27N3O2/c1-4-5-12(13(15)17-19)14(18)16-11-7-6-9(2)10(3)8-11/h9-12,19H,4-8H2,1-3H3,(H2,15,17)(H,16,18). The number of rotatable bonds is 5. The molecule has 0 bridgehead atoms. The summed E-state index contributed by atoms with van der Waals surface area (Å²) >= 11 is 0. The number of nitrogens with zero attached hydrogens (tertiary/aromatic N) is 1. The van der Waals surface area contributed by atoms with E-state index in [1.54, 1.807) is 0 Å². The van der Waals surface area contributed by atoms with Crippen LogP contribution in [0.1, 0.15) is 52.9 Å². The molecule has 0 aromatic carbocycles. The Labute approximate surface area is 115 Å². The van der Waals surface area contributed by atoms with Crippen molar-refractivity contribution in [2.45, 2.75) is 58.9 Å². The monoisotopic (exact) mass is 269 g/mol. The Morgan fingerprint density at radius 1 is 1.42 bits per heavy atom. The molecule has 1 rings (SSSR count). The molecule has 0 aliphatic heterocycles. The van der Waals surface area contributed by atoms with Gasteiger partial charge in [-0.2, -0.15) is 0 Å². The smallest absolute Gasteiger partial charge is 0.231 e. The molecule has 4 N–H and O–H groups in total. The van der Waals surface area contributed by atoms with Gasteiger partial charge in [-0.1, -0.05) is 32.3 Å². The second-order valence-corrected chi connectivity index (χ2v) is 5.84. The molecule has 0 spiro atoms. The predicted octanol–water partition coefficient (Wildman–Crippen LogP) is 2.09. The minimum absolute atomic E-state index is 0.0107. The lowest BCUT2D eigenvalue weighted by molar-refractivity contribution is -0.124. The topological polar surface area (TPSA) is 87.7 Å². The van der Waals surface area contributed by atoms with Crippen molar-refractivity contribution in [2.24, 2.45) is 28.6 Å². The van der Waals surface area contributed by atoms with E-state index >= 15 is 0 Å². The summed E-state index contributed by atoms with van der Waals surface area (Å²) in [6.45, 7) is 6.48. The van der Waals surface area contributed by atoms with Crippen molar-refractivity contribution >= 4 is 11.7 Å². The zero-order chi connectivity index (χ0) is 14.4. The third kappa shape index (κ3) is 4.40. The van der Waals surface area contributed by atoms with Gasteiger partial charge in [0.1, 0.15) is 0 Å². The Balaban J connectivity index is 2.57. The van der Waals surface area contributed by atoms with Crippen molar-refractivity contribution in [1.29, 1.82) is 0 Å². The molecule has 1 aliphatic rings. The molecule has 4 unspecified atom stereocenters. The fourth-order valence-electron chi connectivity index (χ4n) is 2.75. The first-order chi connectivity index (χ1) is 8.99. The van der Waals surface area contributed by atoms with Gasteiger partial charge in [0, 0.05) is 6.04 Å². The van der Waals surface area contributed by atoms with Gasteiger partial charge in [-0.05, 0) is 37.5 Å². The highest BCUT2D eigenvalue weighted by Gasteiger charge is 2.29. The first-order valence-electron chi connectivity index (χ1n) is 7.27. The molecule has 0 saturated heterocycles. The van der Waals surface area contributed by atoms with Crippen molar-refractivity contribution in [2.75, 3.05) is 0 Å². The minimum Gasteiger partial charge on any atom is -0.409 e. The molecule has 0 radical (unpaired) electrons. The summed E-state index contributed by atoms with van der Waals surface area (Å²) in [6.07, 6.45) is 4.62. The molecule has 110 valence electrons. The van der Waals surface area contributed by atoms with E-state index in [4.69, 9.17) is 10.9 Å². The summed E-state index contributed by atoms with van der Waals surface area (Å²) in [5.74, 6) is 0.751. The van der Waals surface area contributed by atoms with E-state index in [1.165, 1.54) is 0 Å². The molecular weight excluding hydrogens is 242 g/mol. The molecular formula is C14H27N3O2. The Hall–Kier alpha value is -1.26. The maximum Gasteiger partial charge on any atom is 0.231 e. The van der Waals surface area contributed by atoms with Gasteiger partial charge in [-0.25, -0.2) is 0 Å². The molecule has 1 saturated carbocycles. The van der Waals surface area contributed by atoms with Gasteiger partial charge in [0.05, 0.1) is 5.92 Å². The number of nitrogens with two attached hydrogens (primary N) is 1. The van der Waals surface area contributed by atoms with E-state index in [0.717, 1.165) is 31.6 Å². The molecule has 1 fully saturated rings. The number of oxime groups is 1. The lowest BCUT2D eigenvalue weighted by atomic mass is 9.79. The SMILES string of the molecule is CCCC(C(=O)NC1CCC(C)C(C)C1)C(N)=NO. The second-order valence-electron chi connectivity index (χ2n) is 5.84. The van der Waals surface area contributed by atoms with E-state index in [1.807, 2.05) is 6.92 Å². The van der Waals surface area contributed by atoms with Gasteiger partial charge in [-0.15, -0.1) is 0 Å². The molecule has 5 nitrogen and oxygen atoms in total. The highest BCUT2D eigenvalue weighted by atomic mass is 16.4. The van der Waals surface area contributed by atoms with Gasteiger partial charge < -0.3 is 16.3 Å². The normalized spacial score (nSPS) is 29.8. The fraction of sp³-hybridized carbons (Fsp3) is 0.857. The summed E-state index contributed by atoms with van der Waals surface area (Å²) in [5.41, 5.74) is 5.60. The first kappa shape index (κ1) is 15.8. The summed E-state index contributed by atoms with van der Waals surface area (Å²) in [7, 11) is 0. The van der Waals surface area contributed by atoms with E-state index in [2.05, 4.69) is 24.3 Å². The van der Waals surface area contributed by atoms with Crippen LogP contribution in [0.5, 0.6) is 0 Å². The van der Waals surface area contributed by atoms with Crippen LogP contribution in [0, 0.1) is 17.8 Å². The number of carbonyl (C=O) groups excluding carboxylic acids is 1. The maximum atomic E-state index is 12.2. The van der Waals surface area contributed by atoms with Crippen LogP contribution in [0.3, 0.4) is 0 Å². The highest BCUT2D eigenvalue weighted by Crippen LogP contribution is 2.29. The number of carbonyl (C=O) groups is 1. The Kier molecular flexibility index (Phi) is 6.12. The Bertz CT molecular complexity index is 331. The molecule has 0 heterocycles. The number of amidine groups is 1. The fourth-order valence-corrected chi connectivity index (χ4v) is 2.75. The summed E-state index contributed by atoms with van der Waals surface area (Å²) in [5, 5.41) is 14.8. The van der Waals surface area contributed by atoms with Gasteiger partial charge >= 0.3 is 0 Å². The zero-order valence-electron chi connectivity index (χ0n) is 12.2. The Morgan fingerprint density at radius 2 is 2.11 bits per heavy atom. The van der Waals surface area contributed by atoms with Crippen molar-refractivity contribution in [3.05, 3.63) is 0 Å². The van der Waals surface area contributed by atoms with Crippen LogP contribution in [0.2, 0.25) is 0 Å². The first-order valence-corrected chi connectivity index (χ1v) is 7.27. The lowest BCUT2D eigenvalue weighted by Crippen LogP contribution is -2.45. The average molecular weight is 269 g/mol. The van der Waals surface area contributed by atoms with E-state index in [9.17, 15) is 4.79 Å². The zero-order valence-corrected chi connectivity index (χ0v) is 12.2. The van der Waals surface area contributed by atoms with Crippen LogP contribution in [0.15, 0.2) is 5.16 Å². The third-order valence-corrected chi connectivity index (χ3v) is 4.31. The highest BCUT2D eigenvalue weighted by molar-refractivity contribution is 6.02. The Morgan fingerprint density at radius 3 is 2.63 bits per heavy atom. The quantitative estimate of drug-likeness (QED) is 0.309. The summed E-state index contributed by atoms with van der Waals surface area (Å²) < 4.78 is 0. The molecule has 0 aromatic heterocycles. The number of hydrogen-bond donors (Lipinski definition) is 3.